The SMILES string of the molecule is CCN(C(=O)c1cc(OC)ccc1Br)C(C)C. The number of hydrogen-bond donors (Lipinski definition) is 0. The second kappa shape index (κ2) is 6.05. The Hall–Kier alpha value is -1.03. The van der Waals surface area contributed by atoms with Gasteiger partial charge in [-0.3, -0.25) is 4.79 Å². The third kappa shape index (κ3) is 3.22. The highest BCUT2D eigenvalue weighted by Crippen LogP contribution is 2.24. The average Bonchev–Trinajstić information content (AvgIpc) is 2.30. The van der Waals surface area contributed by atoms with Gasteiger partial charge in [-0.15, -0.1) is 0 Å². The van der Waals surface area contributed by atoms with Crippen molar-refractivity contribution in [3.63, 3.8) is 0 Å². The maximum Gasteiger partial charge on any atom is 0.255 e. The minimum absolute atomic E-state index is 0.0216. The second-order valence-electron chi connectivity index (χ2n) is 4.03. The first-order chi connectivity index (χ1) is 8.01. The van der Waals surface area contributed by atoms with Crippen molar-refractivity contribution in [3.8, 4) is 5.75 Å². The molecule has 0 saturated carbocycles. The van der Waals surface area contributed by atoms with Crippen LogP contribution in [0.3, 0.4) is 0 Å². The number of nitrogens with zero attached hydrogens (tertiary/aromatic N) is 1. The molecule has 0 fully saturated rings. The first-order valence-corrected chi connectivity index (χ1v) is 6.45. The Morgan fingerprint density at radius 2 is 2.12 bits per heavy atom. The summed E-state index contributed by atoms with van der Waals surface area (Å²) >= 11 is 3.40. The van der Waals surface area contributed by atoms with E-state index < -0.39 is 0 Å². The van der Waals surface area contributed by atoms with Gasteiger partial charge >= 0.3 is 0 Å². The molecule has 1 aromatic carbocycles. The summed E-state index contributed by atoms with van der Waals surface area (Å²) in [4.78, 5) is 14.2. The molecule has 0 spiro atoms. The topological polar surface area (TPSA) is 29.5 Å². The highest BCUT2D eigenvalue weighted by molar-refractivity contribution is 9.10. The fourth-order valence-corrected chi connectivity index (χ4v) is 2.11. The van der Waals surface area contributed by atoms with Crippen molar-refractivity contribution in [2.45, 2.75) is 26.8 Å². The van der Waals surface area contributed by atoms with E-state index >= 15 is 0 Å². The van der Waals surface area contributed by atoms with Crippen molar-refractivity contribution in [3.05, 3.63) is 28.2 Å². The lowest BCUT2D eigenvalue weighted by atomic mass is 10.1. The molecule has 0 aromatic heterocycles. The lowest BCUT2D eigenvalue weighted by Crippen LogP contribution is -2.36. The van der Waals surface area contributed by atoms with E-state index in [4.69, 9.17) is 4.74 Å². The van der Waals surface area contributed by atoms with Crippen molar-refractivity contribution in [1.82, 2.24) is 4.90 Å². The molecule has 4 heteroatoms. The maximum atomic E-state index is 12.3. The monoisotopic (exact) mass is 299 g/mol. The van der Waals surface area contributed by atoms with E-state index in [9.17, 15) is 4.79 Å². The van der Waals surface area contributed by atoms with Crippen LogP contribution in [0.1, 0.15) is 31.1 Å². The normalized spacial score (nSPS) is 10.5. The predicted octanol–water partition coefficient (Wildman–Crippen LogP) is 3.33. The van der Waals surface area contributed by atoms with E-state index in [1.54, 1.807) is 13.2 Å². The predicted molar refractivity (Wildman–Crippen MR) is 72.5 cm³/mol. The van der Waals surface area contributed by atoms with Crippen LogP contribution in [-0.4, -0.2) is 30.5 Å². The van der Waals surface area contributed by atoms with Gasteiger partial charge in [0.05, 0.1) is 12.7 Å². The fraction of sp³-hybridized carbons (Fsp3) is 0.462. The molecule has 0 heterocycles. The first kappa shape index (κ1) is 14.0. The molecule has 1 amide bonds. The van der Waals surface area contributed by atoms with Gasteiger partial charge in [0.2, 0.25) is 0 Å². The van der Waals surface area contributed by atoms with Gasteiger partial charge in [-0.2, -0.15) is 0 Å². The molecule has 94 valence electrons. The lowest BCUT2D eigenvalue weighted by molar-refractivity contribution is 0.0715. The van der Waals surface area contributed by atoms with E-state index in [-0.39, 0.29) is 11.9 Å². The first-order valence-electron chi connectivity index (χ1n) is 5.65. The number of hydrogen-bond acceptors (Lipinski definition) is 2. The van der Waals surface area contributed by atoms with Crippen LogP contribution in [-0.2, 0) is 0 Å². The van der Waals surface area contributed by atoms with Crippen molar-refractivity contribution >= 4 is 21.8 Å². The standard InChI is InChI=1S/C13H18BrNO2/c1-5-15(9(2)3)13(16)11-8-10(17-4)6-7-12(11)14/h6-9H,5H2,1-4H3. The van der Waals surface area contributed by atoms with E-state index in [0.717, 1.165) is 4.47 Å². The van der Waals surface area contributed by atoms with Crippen LogP contribution in [0.4, 0.5) is 0 Å². The Balaban J connectivity index is 3.10. The summed E-state index contributed by atoms with van der Waals surface area (Å²) in [5.41, 5.74) is 0.639. The number of amides is 1. The van der Waals surface area contributed by atoms with Crippen LogP contribution in [0.15, 0.2) is 22.7 Å². The Labute approximate surface area is 111 Å². The summed E-state index contributed by atoms with van der Waals surface area (Å²) in [7, 11) is 1.59. The number of carbonyl (C=O) groups is 1. The number of rotatable bonds is 4. The van der Waals surface area contributed by atoms with Crippen LogP contribution in [0.5, 0.6) is 5.75 Å². The zero-order valence-electron chi connectivity index (χ0n) is 10.7. The molecule has 0 saturated heterocycles. The summed E-state index contributed by atoms with van der Waals surface area (Å²) in [6, 6.07) is 5.61. The minimum Gasteiger partial charge on any atom is -0.497 e. The van der Waals surface area contributed by atoms with Crippen molar-refractivity contribution in [2.24, 2.45) is 0 Å². The summed E-state index contributed by atoms with van der Waals surface area (Å²) in [5, 5.41) is 0. The summed E-state index contributed by atoms with van der Waals surface area (Å²) in [6.07, 6.45) is 0. The Bertz CT molecular complexity index is 404. The van der Waals surface area contributed by atoms with Crippen LogP contribution in [0, 0.1) is 0 Å². The van der Waals surface area contributed by atoms with Crippen molar-refractivity contribution < 1.29 is 9.53 Å². The maximum absolute atomic E-state index is 12.3. The Morgan fingerprint density at radius 1 is 1.47 bits per heavy atom. The molecule has 0 aliphatic heterocycles. The summed E-state index contributed by atoms with van der Waals surface area (Å²) < 4.78 is 5.94. The average molecular weight is 300 g/mol. The van der Waals surface area contributed by atoms with E-state index in [2.05, 4.69) is 15.9 Å². The smallest absolute Gasteiger partial charge is 0.255 e. The third-order valence-electron chi connectivity index (χ3n) is 2.63. The zero-order chi connectivity index (χ0) is 13.0. The van der Waals surface area contributed by atoms with Gasteiger partial charge in [0.15, 0.2) is 0 Å². The molecule has 0 aliphatic carbocycles. The molecule has 0 bridgehead atoms. The molecule has 0 atom stereocenters. The van der Waals surface area contributed by atoms with Gasteiger partial charge in [-0.1, -0.05) is 0 Å². The lowest BCUT2D eigenvalue weighted by Gasteiger charge is -2.25. The van der Waals surface area contributed by atoms with Crippen molar-refractivity contribution in [1.29, 1.82) is 0 Å². The number of benzene rings is 1. The van der Waals surface area contributed by atoms with E-state index in [0.29, 0.717) is 17.9 Å². The molecule has 0 aliphatic rings. The molecule has 1 aromatic rings. The molecule has 0 N–H and O–H groups in total. The van der Waals surface area contributed by atoms with Gasteiger partial charge in [0, 0.05) is 17.1 Å². The molecular weight excluding hydrogens is 282 g/mol. The van der Waals surface area contributed by atoms with Crippen LogP contribution in [0.2, 0.25) is 0 Å². The van der Waals surface area contributed by atoms with Gasteiger partial charge in [0.1, 0.15) is 5.75 Å². The summed E-state index contributed by atoms with van der Waals surface area (Å²) in [6.45, 7) is 6.69. The molecule has 17 heavy (non-hydrogen) atoms. The molecule has 0 radical (unpaired) electrons. The third-order valence-corrected chi connectivity index (χ3v) is 3.32. The summed E-state index contributed by atoms with van der Waals surface area (Å²) in [5.74, 6) is 0.713. The number of carbonyl (C=O) groups excluding carboxylic acids is 1. The number of methoxy groups -OCH3 is 1. The molecular formula is C13H18BrNO2. The largest absolute Gasteiger partial charge is 0.497 e. The van der Waals surface area contributed by atoms with E-state index in [1.807, 2.05) is 37.8 Å². The molecule has 1 rings (SSSR count). The van der Waals surface area contributed by atoms with Crippen LogP contribution < -0.4 is 4.74 Å². The van der Waals surface area contributed by atoms with Gasteiger partial charge < -0.3 is 9.64 Å². The Kier molecular flexibility index (Phi) is 5.00. The van der Waals surface area contributed by atoms with Gasteiger partial charge in [0.25, 0.3) is 5.91 Å². The van der Waals surface area contributed by atoms with Gasteiger partial charge in [-0.05, 0) is 54.9 Å². The van der Waals surface area contributed by atoms with Gasteiger partial charge in [-0.25, -0.2) is 0 Å². The fourth-order valence-electron chi connectivity index (χ4n) is 1.69. The van der Waals surface area contributed by atoms with E-state index in [1.165, 1.54) is 0 Å². The highest BCUT2D eigenvalue weighted by atomic mass is 79.9. The minimum atomic E-state index is 0.0216. The van der Waals surface area contributed by atoms with Crippen LogP contribution >= 0.6 is 15.9 Å². The number of ether oxygens (including phenoxy) is 1. The number of halogens is 1. The second-order valence-corrected chi connectivity index (χ2v) is 4.89. The quantitative estimate of drug-likeness (QED) is 0.853. The molecule has 0 unspecified atom stereocenters. The van der Waals surface area contributed by atoms with Crippen LogP contribution in [0.25, 0.3) is 0 Å². The Morgan fingerprint density at radius 3 is 2.59 bits per heavy atom. The van der Waals surface area contributed by atoms with Crippen molar-refractivity contribution in [2.75, 3.05) is 13.7 Å². The molecule has 3 nitrogen and oxygen atoms in total. The zero-order valence-corrected chi connectivity index (χ0v) is 12.2. The highest BCUT2D eigenvalue weighted by Gasteiger charge is 2.19.